The van der Waals surface area contributed by atoms with Gasteiger partial charge in [0.2, 0.25) is 0 Å². The van der Waals surface area contributed by atoms with E-state index in [-0.39, 0.29) is 10.7 Å². The number of rotatable bonds is 4. The predicted octanol–water partition coefficient (Wildman–Crippen LogP) is 3.24. The second-order valence-electron chi connectivity index (χ2n) is 3.20. The molecule has 0 spiro atoms. The topological polar surface area (TPSA) is 55.2 Å². The SMILES string of the molecule is C=C(C)CNc1cccc(Cl)c1[N+](=O)[O-]. The summed E-state index contributed by atoms with van der Waals surface area (Å²) in [6, 6.07) is 4.77. The van der Waals surface area contributed by atoms with E-state index in [1.807, 2.05) is 6.92 Å². The molecule has 0 atom stereocenters. The molecule has 0 saturated carbocycles. The molecule has 0 heterocycles. The first-order valence-electron chi connectivity index (χ1n) is 4.33. The molecule has 0 bridgehead atoms. The van der Waals surface area contributed by atoms with Crippen LogP contribution in [-0.4, -0.2) is 11.5 Å². The van der Waals surface area contributed by atoms with Gasteiger partial charge in [-0.05, 0) is 19.1 Å². The van der Waals surface area contributed by atoms with E-state index in [0.717, 1.165) is 5.57 Å². The van der Waals surface area contributed by atoms with Crippen LogP contribution in [0.5, 0.6) is 0 Å². The molecule has 15 heavy (non-hydrogen) atoms. The average Bonchev–Trinajstić information content (AvgIpc) is 2.13. The van der Waals surface area contributed by atoms with E-state index in [1.54, 1.807) is 12.1 Å². The maximum absolute atomic E-state index is 10.7. The van der Waals surface area contributed by atoms with Crippen molar-refractivity contribution in [3.8, 4) is 0 Å². The first-order chi connectivity index (χ1) is 7.02. The minimum atomic E-state index is -0.497. The van der Waals surface area contributed by atoms with Crippen LogP contribution in [0, 0.1) is 10.1 Å². The van der Waals surface area contributed by atoms with Crippen LogP contribution in [-0.2, 0) is 0 Å². The van der Waals surface area contributed by atoms with Gasteiger partial charge in [-0.1, -0.05) is 29.8 Å². The molecule has 0 aliphatic carbocycles. The molecule has 0 fully saturated rings. The summed E-state index contributed by atoms with van der Waals surface area (Å²) in [5, 5.41) is 13.8. The third-order valence-electron chi connectivity index (χ3n) is 1.75. The van der Waals surface area contributed by atoms with Crippen LogP contribution in [0.25, 0.3) is 0 Å². The number of hydrogen-bond acceptors (Lipinski definition) is 3. The lowest BCUT2D eigenvalue weighted by molar-refractivity contribution is -0.383. The van der Waals surface area contributed by atoms with E-state index in [4.69, 9.17) is 11.6 Å². The second kappa shape index (κ2) is 4.79. The standard InChI is InChI=1S/C10H11ClN2O2/c1-7(2)6-12-9-5-3-4-8(11)10(9)13(14)15/h3-5,12H,1,6H2,2H3. The van der Waals surface area contributed by atoms with Crippen LogP contribution in [0.15, 0.2) is 30.4 Å². The zero-order valence-corrected chi connectivity index (χ0v) is 9.04. The Labute approximate surface area is 92.7 Å². The van der Waals surface area contributed by atoms with E-state index in [9.17, 15) is 10.1 Å². The number of anilines is 1. The molecule has 0 aromatic heterocycles. The van der Waals surface area contributed by atoms with E-state index in [1.165, 1.54) is 6.07 Å². The highest BCUT2D eigenvalue weighted by Gasteiger charge is 2.17. The van der Waals surface area contributed by atoms with E-state index >= 15 is 0 Å². The molecule has 0 aliphatic rings. The maximum Gasteiger partial charge on any atom is 0.310 e. The molecule has 1 aromatic rings. The Kier molecular flexibility index (Phi) is 3.68. The predicted molar refractivity (Wildman–Crippen MR) is 61.4 cm³/mol. The Morgan fingerprint density at radius 3 is 2.87 bits per heavy atom. The lowest BCUT2D eigenvalue weighted by Crippen LogP contribution is -2.04. The van der Waals surface area contributed by atoms with E-state index in [2.05, 4.69) is 11.9 Å². The van der Waals surface area contributed by atoms with Crippen LogP contribution in [0.3, 0.4) is 0 Å². The van der Waals surface area contributed by atoms with Crippen LogP contribution >= 0.6 is 11.6 Å². The average molecular weight is 227 g/mol. The number of nitro benzene ring substituents is 1. The summed E-state index contributed by atoms with van der Waals surface area (Å²) in [5.41, 5.74) is 1.21. The van der Waals surface area contributed by atoms with Gasteiger partial charge in [-0.25, -0.2) is 0 Å². The van der Waals surface area contributed by atoms with Gasteiger partial charge < -0.3 is 5.32 Å². The fraction of sp³-hybridized carbons (Fsp3) is 0.200. The molecule has 1 N–H and O–H groups in total. The number of halogens is 1. The largest absolute Gasteiger partial charge is 0.376 e. The minimum absolute atomic E-state index is 0.0968. The number of para-hydroxylation sites is 1. The van der Waals surface area contributed by atoms with E-state index in [0.29, 0.717) is 12.2 Å². The van der Waals surface area contributed by atoms with Crippen molar-refractivity contribution in [1.82, 2.24) is 0 Å². The van der Waals surface area contributed by atoms with Gasteiger partial charge in [0, 0.05) is 6.54 Å². The normalized spacial score (nSPS) is 9.73. The van der Waals surface area contributed by atoms with Gasteiger partial charge in [0.05, 0.1) is 4.92 Å². The van der Waals surface area contributed by atoms with E-state index < -0.39 is 4.92 Å². The van der Waals surface area contributed by atoms with Crippen molar-refractivity contribution in [3.63, 3.8) is 0 Å². The molecule has 0 unspecified atom stereocenters. The van der Waals surface area contributed by atoms with Crippen molar-refractivity contribution in [2.75, 3.05) is 11.9 Å². The van der Waals surface area contributed by atoms with Crippen molar-refractivity contribution >= 4 is 23.0 Å². The first kappa shape index (κ1) is 11.5. The van der Waals surface area contributed by atoms with Crippen LogP contribution in [0.4, 0.5) is 11.4 Å². The highest BCUT2D eigenvalue weighted by molar-refractivity contribution is 6.33. The number of nitrogens with zero attached hydrogens (tertiary/aromatic N) is 1. The molecule has 0 aliphatic heterocycles. The van der Waals surface area contributed by atoms with Crippen LogP contribution in [0.1, 0.15) is 6.92 Å². The highest BCUT2D eigenvalue weighted by Crippen LogP contribution is 2.32. The van der Waals surface area contributed by atoms with Crippen molar-refractivity contribution < 1.29 is 4.92 Å². The van der Waals surface area contributed by atoms with Gasteiger partial charge in [-0.15, -0.1) is 0 Å². The summed E-state index contributed by atoms with van der Waals surface area (Å²) in [4.78, 5) is 10.2. The molecular weight excluding hydrogens is 216 g/mol. The summed E-state index contributed by atoms with van der Waals surface area (Å²) >= 11 is 5.74. The molecule has 0 saturated heterocycles. The summed E-state index contributed by atoms with van der Waals surface area (Å²) in [5.74, 6) is 0. The summed E-state index contributed by atoms with van der Waals surface area (Å²) in [7, 11) is 0. The monoisotopic (exact) mass is 226 g/mol. The van der Waals surface area contributed by atoms with Crippen molar-refractivity contribution in [2.45, 2.75) is 6.92 Å². The molecule has 0 amide bonds. The Balaban J connectivity index is 3.01. The van der Waals surface area contributed by atoms with Crippen molar-refractivity contribution in [1.29, 1.82) is 0 Å². The van der Waals surface area contributed by atoms with Gasteiger partial charge in [0.1, 0.15) is 10.7 Å². The lowest BCUT2D eigenvalue weighted by Gasteiger charge is -2.07. The first-order valence-corrected chi connectivity index (χ1v) is 4.71. The summed E-state index contributed by atoms with van der Waals surface area (Å²) in [6.07, 6.45) is 0. The molecule has 1 aromatic carbocycles. The molecule has 80 valence electrons. The third-order valence-corrected chi connectivity index (χ3v) is 2.05. The quantitative estimate of drug-likeness (QED) is 0.487. The van der Waals surface area contributed by atoms with Gasteiger partial charge >= 0.3 is 5.69 Å². The fourth-order valence-corrected chi connectivity index (χ4v) is 1.33. The zero-order chi connectivity index (χ0) is 11.4. The Morgan fingerprint density at radius 1 is 1.67 bits per heavy atom. The lowest BCUT2D eigenvalue weighted by atomic mass is 10.2. The van der Waals surface area contributed by atoms with Gasteiger partial charge in [0.15, 0.2) is 0 Å². The molecule has 5 heteroatoms. The zero-order valence-electron chi connectivity index (χ0n) is 8.29. The molecule has 0 radical (unpaired) electrons. The molecular formula is C10H11ClN2O2. The Bertz CT molecular complexity index is 404. The fourth-order valence-electron chi connectivity index (χ4n) is 1.09. The Hall–Kier alpha value is -1.55. The number of hydrogen-bond donors (Lipinski definition) is 1. The molecule has 1 rings (SSSR count). The Morgan fingerprint density at radius 2 is 2.33 bits per heavy atom. The third kappa shape index (κ3) is 2.95. The van der Waals surface area contributed by atoms with Gasteiger partial charge in [-0.2, -0.15) is 0 Å². The van der Waals surface area contributed by atoms with Crippen LogP contribution in [0.2, 0.25) is 5.02 Å². The number of nitro groups is 1. The minimum Gasteiger partial charge on any atom is -0.376 e. The number of nitrogens with one attached hydrogen (secondary N) is 1. The second-order valence-corrected chi connectivity index (χ2v) is 3.61. The smallest absolute Gasteiger partial charge is 0.310 e. The highest BCUT2D eigenvalue weighted by atomic mass is 35.5. The van der Waals surface area contributed by atoms with Gasteiger partial charge in [0.25, 0.3) is 0 Å². The van der Waals surface area contributed by atoms with Crippen LogP contribution < -0.4 is 5.32 Å². The molecule has 4 nitrogen and oxygen atoms in total. The summed E-state index contributed by atoms with van der Waals surface area (Å²) < 4.78 is 0. The van der Waals surface area contributed by atoms with Crippen molar-refractivity contribution in [2.24, 2.45) is 0 Å². The maximum atomic E-state index is 10.7. The van der Waals surface area contributed by atoms with Gasteiger partial charge in [-0.3, -0.25) is 10.1 Å². The summed E-state index contributed by atoms with van der Waals surface area (Å²) in [6.45, 7) is 6.03. The van der Waals surface area contributed by atoms with Crippen molar-refractivity contribution in [3.05, 3.63) is 45.5 Å². The number of benzene rings is 1.